The molecule has 27 heavy (non-hydrogen) atoms. The van der Waals surface area contributed by atoms with Crippen molar-refractivity contribution in [3.05, 3.63) is 75.5 Å². The molecule has 4 rings (SSSR count). The number of halogens is 1. The number of hydrogen-bond acceptors (Lipinski definition) is 6. The first kappa shape index (κ1) is 17.7. The molecule has 0 bridgehead atoms. The number of pyridine rings is 1. The minimum atomic E-state index is -0.122. The van der Waals surface area contributed by atoms with Gasteiger partial charge in [0.05, 0.1) is 18.5 Å². The average molecular weight is 444 g/mol. The van der Waals surface area contributed by atoms with Crippen LogP contribution in [0.25, 0.3) is 11.3 Å². The monoisotopic (exact) mass is 443 g/mol. The third-order valence-electron chi connectivity index (χ3n) is 3.89. The van der Waals surface area contributed by atoms with Gasteiger partial charge >= 0.3 is 0 Å². The molecular formula is C18H14BrN5O2S. The molecule has 0 atom stereocenters. The van der Waals surface area contributed by atoms with Gasteiger partial charge in [0.15, 0.2) is 5.16 Å². The Hall–Kier alpha value is -2.65. The van der Waals surface area contributed by atoms with Gasteiger partial charge in [-0.2, -0.15) is 0 Å². The Labute approximate surface area is 167 Å². The van der Waals surface area contributed by atoms with Gasteiger partial charge in [-0.25, -0.2) is 4.98 Å². The number of thioether (sulfide) groups is 1. The van der Waals surface area contributed by atoms with Crippen LogP contribution in [0, 0.1) is 0 Å². The van der Waals surface area contributed by atoms with Crippen molar-refractivity contribution in [2.75, 3.05) is 7.11 Å². The van der Waals surface area contributed by atoms with E-state index >= 15 is 0 Å². The maximum Gasteiger partial charge on any atom is 0.258 e. The van der Waals surface area contributed by atoms with Crippen LogP contribution >= 0.6 is 27.7 Å². The molecule has 0 spiro atoms. The number of fused-ring (bicyclic) bond motifs is 1. The highest BCUT2D eigenvalue weighted by Gasteiger charge is 2.12. The van der Waals surface area contributed by atoms with Crippen LogP contribution in [0.3, 0.4) is 0 Å². The number of para-hydroxylation sites is 2. The van der Waals surface area contributed by atoms with Crippen molar-refractivity contribution in [3.63, 3.8) is 0 Å². The summed E-state index contributed by atoms with van der Waals surface area (Å²) in [5.74, 6) is 1.22. The summed E-state index contributed by atoms with van der Waals surface area (Å²) in [6.07, 6.45) is 3.35. The lowest BCUT2D eigenvalue weighted by atomic mass is 10.3. The van der Waals surface area contributed by atoms with Gasteiger partial charge in [0.1, 0.15) is 17.7 Å². The molecule has 0 amide bonds. The summed E-state index contributed by atoms with van der Waals surface area (Å²) < 4.78 is 9.60. The van der Waals surface area contributed by atoms with Crippen molar-refractivity contribution in [1.29, 1.82) is 0 Å². The van der Waals surface area contributed by atoms with E-state index in [2.05, 4.69) is 31.1 Å². The van der Waals surface area contributed by atoms with Crippen LogP contribution in [-0.2, 0) is 5.75 Å². The van der Waals surface area contributed by atoms with Crippen molar-refractivity contribution in [2.45, 2.75) is 10.9 Å². The van der Waals surface area contributed by atoms with E-state index in [9.17, 15) is 4.79 Å². The first-order valence-electron chi connectivity index (χ1n) is 8.00. The molecule has 0 radical (unpaired) electrons. The molecule has 9 heteroatoms. The Morgan fingerprint density at radius 3 is 2.93 bits per heavy atom. The quantitative estimate of drug-likeness (QED) is 0.440. The van der Waals surface area contributed by atoms with Crippen LogP contribution in [0.4, 0.5) is 0 Å². The molecule has 0 unspecified atom stereocenters. The highest BCUT2D eigenvalue weighted by Crippen LogP contribution is 2.27. The lowest BCUT2D eigenvalue weighted by molar-refractivity contribution is 0.412. The number of nitrogens with zero attached hydrogens (tertiary/aromatic N) is 5. The first-order valence-corrected chi connectivity index (χ1v) is 9.77. The van der Waals surface area contributed by atoms with Crippen LogP contribution in [0.2, 0.25) is 0 Å². The zero-order chi connectivity index (χ0) is 18.8. The highest BCUT2D eigenvalue weighted by atomic mass is 79.9. The molecule has 136 valence electrons. The molecule has 0 saturated heterocycles. The van der Waals surface area contributed by atoms with Gasteiger partial charge < -0.3 is 4.74 Å². The summed E-state index contributed by atoms with van der Waals surface area (Å²) in [6.45, 7) is 0. The average Bonchev–Trinajstić information content (AvgIpc) is 3.15. The van der Waals surface area contributed by atoms with Crippen LogP contribution in [0.15, 0.2) is 69.4 Å². The summed E-state index contributed by atoms with van der Waals surface area (Å²) in [5, 5.41) is 8.88. The Morgan fingerprint density at radius 2 is 2.07 bits per heavy atom. The topological polar surface area (TPSA) is 74.3 Å². The van der Waals surface area contributed by atoms with E-state index in [-0.39, 0.29) is 5.56 Å². The van der Waals surface area contributed by atoms with Crippen molar-refractivity contribution >= 4 is 33.3 Å². The second-order valence-corrected chi connectivity index (χ2v) is 7.46. The molecule has 0 aliphatic heterocycles. The van der Waals surface area contributed by atoms with E-state index in [1.807, 2.05) is 34.9 Å². The second-order valence-electron chi connectivity index (χ2n) is 5.61. The molecule has 0 saturated carbocycles. The SMILES string of the molecule is COc1ccccc1-n1cnnc1SCc1cc(=O)n2cc(Br)ccc2n1. The van der Waals surface area contributed by atoms with Gasteiger partial charge in [-0.3, -0.25) is 13.8 Å². The summed E-state index contributed by atoms with van der Waals surface area (Å²) in [4.78, 5) is 16.9. The number of hydrogen-bond donors (Lipinski definition) is 0. The van der Waals surface area contributed by atoms with Crippen LogP contribution < -0.4 is 10.3 Å². The Bertz CT molecular complexity index is 1170. The number of benzene rings is 1. The second kappa shape index (κ2) is 7.53. The van der Waals surface area contributed by atoms with Gasteiger partial charge in [0.2, 0.25) is 0 Å². The number of aromatic nitrogens is 5. The van der Waals surface area contributed by atoms with E-state index in [4.69, 9.17) is 4.74 Å². The molecule has 0 fully saturated rings. The van der Waals surface area contributed by atoms with Crippen LogP contribution in [-0.4, -0.2) is 31.3 Å². The van der Waals surface area contributed by atoms with Crippen molar-refractivity contribution in [3.8, 4) is 11.4 Å². The molecule has 4 aromatic rings. The summed E-state index contributed by atoms with van der Waals surface area (Å²) in [5.41, 5.74) is 2.02. The molecule has 0 aliphatic rings. The van der Waals surface area contributed by atoms with Gasteiger partial charge in [-0.15, -0.1) is 10.2 Å². The lowest BCUT2D eigenvalue weighted by Crippen LogP contribution is -2.15. The molecule has 3 heterocycles. The largest absolute Gasteiger partial charge is 0.495 e. The molecular weight excluding hydrogens is 430 g/mol. The number of rotatable bonds is 5. The van der Waals surface area contributed by atoms with Gasteiger partial charge in [0, 0.05) is 22.5 Å². The van der Waals surface area contributed by atoms with E-state index in [1.165, 1.54) is 22.2 Å². The minimum Gasteiger partial charge on any atom is -0.495 e. The fourth-order valence-electron chi connectivity index (χ4n) is 2.66. The van der Waals surface area contributed by atoms with Gasteiger partial charge in [-0.1, -0.05) is 23.9 Å². The van der Waals surface area contributed by atoms with E-state index in [1.54, 1.807) is 25.7 Å². The summed E-state index contributed by atoms with van der Waals surface area (Å²) in [7, 11) is 1.63. The lowest BCUT2D eigenvalue weighted by Gasteiger charge is -2.10. The third-order valence-corrected chi connectivity index (χ3v) is 5.33. The van der Waals surface area contributed by atoms with E-state index in [0.717, 1.165) is 15.9 Å². The zero-order valence-electron chi connectivity index (χ0n) is 14.2. The molecule has 3 aromatic heterocycles. The molecule has 0 N–H and O–H groups in total. The Balaban J connectivity index is 1.62. The fourth-order valence-corrected chi connectivity index (χ4v) is 3.81. The maximum atomic E-state index is 12.3. The van der Waals surface area contributed by atoms with Crippen molar-refractivity contribution in [2.24, 2.45) is 0 Å². The van der Waals surface area contributed by atoms with Crippen molar-refractivity contribution in [1.82, 2.24) is 24.1 Å². The Morgan fingerprint density at radius 1 is 1.22 bits per heavy atom. The molecule has 1 aromatic carbocycles. The maximum absolute atomic E-state index is 12.3. The van der Waals surface area contributed by atoms with E-state index < -0.39 is 0 Å². The predicted octanol–water partition coefficient (Wildman–Crippen LogP) is 3.34. The predicted molar refractivity (Wildman–Crippen MR) is 107 cm³/mol. The van der Waals surface area contributed by atoms with Gasteiger partial charge in [-0.05, 0) is 40.2 Å². The van der Waals surface area contributed by atoms with E-state index in [0.29, 0.717) is 22.3 Å². The highest BCUT2D eigenvalue weighted by molar-refractivity contribution is 9.10. The first-order chi connectivity index (χ1) is 13.2. The molecule has 7 nitrogen and oxygen atoms in total. The number of methoxy groups -OCH3 is 1. The van der Waals surface area contributed by atoms with Crippen molar-refractivity contribution < 1.29 is 4.74 Å². The standard InChI is InChI=1S/C18H14BrN5O2S/c1-26-15-5-3-2-4-14(15)24-11-20-22-18(24)27-10-13-8-17(25)23-9-12(19)6-7-16(23)21-13/h2-9,11H,10H2,1H3. The summed E-state index contributed by atoms with van der Waals surface area (Å²) in [6, 6.07) is 12.9. The minimum absolute atomic E-state index is 0.122. The number of ether oxygens (including phenoxy) is 1. The zero-order valence-corrected chi connectivity index (χ0v) is 16.6. The third kappa shape index (κ3) is 3.60. The molecule has 0 aliphatic carbocycles. The van der Waals surface area contributed by atoms with Crippen LogP contribution in [0.5, 0.6) is 5.75 Å². The Kier molecular flexibility index (Phi) is 4.95. The fraction of sp³-hybridized carbons (Fsp3) is 0.111. The smallest absolute Gasteiger partial charge is 0.258 e. The summed E-state index contributed by atoms with van der Waals surface area (Å²) >= 11 is 4.82. The normalized spacial score (nSPS) is 11.0. The van der Waals surface area contributed by atoms with Crippen LogP contribution in [0.1, 0.15) is 5.69 Å². The van der Waals surface area contributed by atoms with Gasteiger partial charge in [0.25, 0.3) is 5.56 Å².